The van der Waals surface area contributed by atoms with E-state index in [1.54, 1.807) is 0 Å². The van der Waals surface area contributed by atoms with Crippen molar-refractivity contribution in [3.63, 3.8) is 0 Å². The van der Waals surface area contributed by atoms with Crippen LogP contribution in [0.2, 0.25) is 0 Å². The van der Waals surface area contributed by atoms with Crippen molar-refractivity contribution in [1.29, 1.82) is 0 Å². The van der Waals surface area contributed by atoms with Gasteiger partial charge in [-0.05, 0) is 61.8 Å². The summed E-state index contributed by atoms with van der Waals surface area (Å²) in [6, 6.07) is 3.39. The quantitative estimate of drug-likeness (QED) is 0.843. The summed E-state index contributed by atoms with van der Waals surface area (Å²) in [6.07, 6.45) is 3.65. The van der Waals surface area contributed by atoms with Crippen LogP contribution in [0.15, 0.2) is 18.2 Å². The number of nitrogens with two attached hydrogens (primary N) is 1. The third kappa shape index (κ3) is 4.09. The molecule has 0 bridgehead atoms. The molecule has 0 unspecified atom stereocenters. The maximum absolute atomic E-state index is 13.7. The van der Waals surface area contributed by atoms with Gasteiger partial charge >= 0.3 is 0 Å². The lowest BCUT2D eigenvalue weighted by Crippen LogP contribution is -2.42. The molecule has 0 spiro atoms. The van der Waals surface area contributed by atoms with Gasteiger partial charge in [-0.1, -0.05) is 0 Å². The summed E-state index contributed by atoms with van der Waals surface area (Å²) in [7, 11) is 0. The molecule has 2 nitrogen and oxygen atoms in total. The molecule has 3 rings (SSSR count). The standard InChI is InChI=1S/C18H24F4N2/c19-14-3-6-16(20)13(9-14)10-17(23)12-1-4-15(5-2-12)24-8-7-18(21,22)11-24/h3,6,9,12,15,17H,1-2,4-5,7-8,10-11,23H2/t12?,15?,17-/m1/s1. The van der Waals surface area contributed by atoms with Crippen molar-refractivity contribution < 1.29 is 17.6 Å². The van der Waals surface area contributed by atoms with Crippen LogP contribution >= 0.6 is 0 Å². The highest BCUT2D eigenvalue weighted by atomic mass is 19.3. The molecule has 0 radical (unpaired) electrons. The van der Waals surface area contributed by atoms with E-state index in [9.17, 15) is 17.6 Å². The minimum Gasteiger partial charge on any atom is -0.327 e. The van der Waals surface area contributed by atoms with Gasteiger partial charge in [-0.25, -0.2) is 17.6 Å². The first kappa shape index (κ1) is 17.7. The van der Waals surface area contributed by atoms with Crippen LogP contribution in [-0.4, -0.2) is 36.0 Å². The maximum Gasteiger partial charge on any atom is 0.261 e. The first-order valence-corrected chi connectivity index (χ1v) is 8.65. The molecule has 1 aliphatic heterocycles. The van der Waals surface area contributed by atoms with Gasteiger partial charge in [0.25, 0.3) is 5.92 Å². The number of benzene rings is 1. The van der Waals surface area contributed by atoms with E-state index in [1.807, 2.05) is 4.90 Å². The Kier molecular flexibility index (Phi) is 5.16. The van der Waals surface area contributed by atoms with Crippen LogP contribution in [0, 0.1) is 17.6 Å². The number of halogens is 4. The first-order chi connectivity index (χ1) is 11.3. The Bertz CT molecular complexity index is 570. The molecule has 1 aromatic rings. The highest BCUT2D eigenvalue weighted by Gasteiger charge is 2.41. The third-order valence-corrected chi connectivity index (χ3v) is 5.53. The average Bonchev–Trinajstić information content (AvgIpc) is 2.91. The lowest BCUT2D eigenvalue weighted by Gasteiger charge is -2.36. The van der Waals surface area contributed by atoms with E-state index in [0.29, 0.717) is 18.5 Å². The van der Waals surface area contributed by atoms with Gasteiger partial charge in [0.1, 0.15) is 11.6 Å². The topological polar surface area (TPSA) is 29.3 Å². The largest absolute Gasteiger partial charge is 0.327 e. The van der Waals surface area contributed by atoms with E-state index < -0.39 is 17.6 Å². The lowest BCUT2D eigenvalue weighted by molar-refractivity contribution is 0.00420. The van der Waals surface area contributed by atoms with Crippen molar-refractivity contribution in [2.24, 2.45) is 11.7 Å². The first-order valence-electron chi connectivity index (χ1n) is 8.65. The van der Waals surface area contributed by atoms with E-state index in [1.165, 1.54) is 6.07 Å². The molecule has 2 fully saturated rings. The molecule has 2 aliphatic rings. The summed E-state index contributed by atoms with van der Waals surface area (Å²) in [5.74, 6) is -3.22. The van der Waals surface area contributed by atoms with E-state index in [4.69, 9.17) is 5.73 Å². The van der Waals surface area contributed by atoms with E-state index in [0.717, 1.165) is 37.8 Å². The second kappa shape index (κ2) is 7.00. The Morgan fingerprint density at radius 1 is 1.17 bits per heavy atom. The molecule has 24 heavy (non-hydrogen) atoms. The average molecular weight is 344 g/mol. The molecule has 1 heterocycles. The van der Waals surface area contributed by atoms with Crippen molar-refractivity contribution in [2.75, 3.05) is 13.1 Å². The summed E-state index contributed by atoms with van der Waals surface area (Å²) in [5.41, 5.74) is 6.53. The molecule has 1 atom stereocenters. The van der Waals surface area contributed by atoms with Crippen LogP contribution in [0.25, 0.3) is 0 Å². The summed E-state index contributed by atoms with van der Waals surface area (Å²) in [4.78, 5) is 1.90. The Balaban J connectivity index is 1.52. The van der Waals surface area contributed by atoms with E-state index >= 15 is 0 Å². The Hall–Kier alpha value is -1.14. The molecule has 0 aromatic heterocycles. The second-order valence-corrected chi connectivity index (χ2v) is 7.25. The molecular weight excluding hydrogens is 320 g/mol. The lowest BCUT2D eigenvalue weighted by atomic mass is 9.79. The normalized spacial score (nSPS) is 28.9. The molecule has 1 aromatic carbocycles. The summed E-state index contributed by atoms with van der Waals surface area (Å²) in [6.45, 7) is 0.325. The summed E-state index contributed by atoms with van der Waals surface area (Å²) < 4.78 is 53.7. The summed E-state index contributed by atoms with van der Waals surface area (Å²) >= 11 is 0. The molecule has 1 saturated heterocycles. The molecule has 1 saturated carbocycles. The van der Waals surface area contributed by atoms with Crippen molar-refractivity contribution in [3.05, 3.63) is 35.4 Å². The predicted molar refractivity (Wildman–Crippen MR) is 84.9 cm³/mol. The number of likely N-dealkylation sites (tertiary alicyclic amines) is 1. The fourth-order valence-corrected chi connectivity index (χ4v) is 4.09. The number of hydrogen-bond acceptors (Lipinski definition) is 2. The molecule has 1 aliphatic carbocycles. The maximum atomic E-state index is 13.7. The van der Waals surface area contributed by atoms with Crippen LogP contribution in [-0.2, 0) is 6.42 Å². The predicted octanol–water partition coefficient (Wildman–Crippen LogP) is 3.73. The number of rotatable bonds is 4. The number of nitrogens with zero attached hydrogens (tertiary/aromatic N) is 1. The fourth-order valence-electron chi connectivity index (χ4n) is 4.09. The van der Waals surface area contributed by atoms with Gasteiger partial charge in [0, 0.05) is 25.0 Å². The van der Waals surface area contributed by atoms with Crippen molar-refractivity contribution in [3.8, 4) is 0 Å². The highest BCUT2D eigenvalue weighted by Crippen LogP contribution is 2.35. The van der Waals surface area contributed by atoms with Crippen LogP contribution in [0.5, 0.6) is 0 Å². The molecule has 6 heteroatoms. The van der Waals surface area contributed by atoms with Gasteiger partial charge in [-0.2, -0.15) is 0 Å². The van der Waals surface area contributed by atoms with Crippen LogP contribution in [0.3, 0.4) is 0 Å². The van der Waals surface area contributed by atoms with Gasteiger partial charge < -0.3 is 5.73 Å². The smallest absolute Gasteiger partial charge is 0.261 e. The van der Waals surface area contributed by atoms with Gasteiger partial charge in [-0.15, -0.1) is 0 Å². The Labute approximate surface area is 140 Å². The molecule has 0 amide bonds. The van der Waals surface area contributed by atoms with Gasteiger partial charge in [0.2, 0.25) is 0 Å². The van der Waals surface area contributed by atoms with Crippen molar-refractivity contribution in [2.45, 2.75) is 56.5 Å². The highest BCUT2D eigenvalue weighted by molar-refractivity contribution is 5.20. The number of hydrogen-bond donors (Lipinski definition) is 1. The third-order valence-electron chi connectivity index (χ3n) is 5.53. The second-order valence-electron chi connectivity index (χ2n) is 7.25. The number of alkyl halides is 2. The SMILES string of the molecule is N[C@H](Cc1cc(F)ccc1F)C1CCC(N2CCC(F)(F)C2)CC1. The zero-order valence-electron chi connectivity index (χ0n) is 13.7. The minimum atomic E-state index is -2.55. The molecular formula is C18H24F4N2. The Morgan fingerprint density at radius 2 is 1.88 bits per heavy atom. The zero-order valence-corrected chi connectivity index (χ0v) is 13.7. The van der Waals surface area contributed by atoms with Crippen molar-refractivity contribution >= 4 is 0 Å². The zero-order chi connectivity index (χ0) is 17.3. The fraction of sp³-hybridized carbons (Fsp3) is 0.667. The summed E-state index contributed by atoms with van der Waals surface area (Å²) in [5, 5.41) is 0. The van der Waals surface area contributed by atoms with Gasteiger partial charge in [0.15, 0.2) is 0 Å². The van der Waals surface area contributed by atoms with E-state index in [-0.39, 0.29) is 31.0 Å². The minimum absolute atomic E-state index is 0.0503. The monoisotopic (exact) mass is 344 g/mol. The molecule has 2 N–H and O–H groups in total. The van der Waals surface area contributed by atoms with E-state index in [2.05, 4.69) is 0 Å². The Morgan fingerprint density at radius 3 is 2.50 bits per heavy atom. The van der Waals surface area contributed by atoms with Gasteiger partial charge in [-0.3, -0.25) is 4.90 Å². The van der Waals surface area contributed by atoms with Crippen molar-refractivity contribution in [1.82, 2.24) is 4.90 Å². The van der Waals surface area contributed by atoms with Crippen LogP contribution in [0.1, 0.15) is 37.7 Å². The van der Waals surface area contributed by atoms with Crippen LogP contribution in [0.4, 0.5) is 17.6 Å². The van der Waals surface area contributed by atoms with Crippen LogP contribution < -0.4 is 5.73 Å². The molecule has 134 valence electrons. The van der Waals surface area contributed by atoms with Gasteiger partial charge in [0.05, 0.1) is 6.54 Å².